The summed E-state index contributed by atoms with van der Waals surface area (Å²) in [5, 5.41) is 5.86. The number of hydrogen-bond donors (Lipinski definition) is 2. The van der Waals surface area contributed by atoms with Gasteiger partial charge in [-0.2, -0.15) is 0 Å². The predicted octanol–water partition coefficient (Wildman–Crippen LogP) is 2.51. The summed E-state index contributed by atoms with van der Waals surface area (Å²) >= 11 is 0. The highest BCUT2D eigenvalue weighted by Crippen LogP contribution is 2.60. The van der Waals surface area contributed by atoms with Gasteiger partial charge < -0.3 is 15.5 Å². The maximum absolute atomic E-state index is 12.6. The first kappa shape index (κ1) is 16.2. The van der Waals surface area contributed by atoms with Crippen LogP contribution in [0.3, 0.4) is 0 Å². The van der Waals surface area contributed by atoms with Crippen LogP contribution in [0.5, 0.6) is 0 Å². The summed E-state index contributed by atoms with van der Waals surface area (Å²) in [4.78, 5) is 26.5. The topological polar surface area (TPSA) is 61.4 Å². The molecule has 0 aromatic rings. The van der Waals surface area contributed by atoms with E-state index in [4.69, 9.17) is 0 Å². The average molecular weight is 333 g/mol. The monoisotopic (exact) mass is 333 g/mol. The molecule has 5 aliphatic rings. The van der Waals surface area contributed by atoms with Crippen LogP contribution in [0, 0.1) is 23.2 Å². The third-order valence-electron chi connectivity index (χ3n) is 6.92. The lowest BCUT2D eigenvalue weighted by Crippen LogP contribution is -2.55. The summed E-state index contributed by atoms with van der Waals surface area (Å²) < 4.78 is 0. The summed E-state index contributed by atoms with van der Waals surface area (Å²) in [5.41, 5.74) is 0.354. The van der Waals surface area contributed by atoms with Crippen LogP contribution >= 0.6 is 0 Å². The number of rotatable bonds is 3. The van der Waals surface area contributed by atoms with Gasteiger partial charge in [-0.05, 0) is 81.0 Å². The minimum absolute atomic E-state index is 0.0240. The van der Waals surface area contributed by atoms with Gasteiger partial charge in [-0.25, -0.2) is 4.79 Å². The second kappa shape index (κ2) is 6.23. The molecule has 3 amide bonds. The molecule has 0 aromatic heterocycles. The molecule has 4 aliphatic carbocycles. The number of carbonyl (C=O) groups is 2. The van der Waals surface area contributed by atoms with Gasteiger partial charge in [-0.3, -0.25) is 4.79 Å². The Morgan fingerprint density at radius 1 is 1.17 bits per heavy atom. The number of nitrogens with one attached hydrogen (secondary N) is 2. The molecule has 5 rings (SSSR count). The summed E-state index contributed by atoms with van der Waals surface area (Å²) in [6.45, 7) is 1.59. The molecule has 24 heavy (non-hydrogen) atoms. The van der Waals surface area contributed by atoms with Crippen LogP contribution in [0.25, 0.3) is 0 Å². The highest BCUT2D eigenvalue weighted by molar-refractivity contribution is 5.87. The van der Waals surface area contributed by atoms with E-state index in [1.165, 1.54) is 38.5 Å². The molecule has 0 aromatic carbocycles. The van der Waals surface area contributed by atoms with Gasteiger partial charge in [0.05, 0.1) is 0 Å². The van der Waals surface area contributed by atoms with Crippen molar-refractivity contribution in [2.24, 2.45) is 23.2 Å². The molecule has 1 saturated heterocycles. The Morgan fingerprint density at radius 3 is 2.42 bits per heavy atom. The van der Waals surface area contributed by atoms with Gasteiger partial charge in [-0.1, -0.05) is 0 Å². The number of urea groups is 1. The lowest BCUT2D eigenvalue weighted by atomic mass is 9.49. The Bertz CT molecular complexity index is 483. The molecule has 4 bridgehead atoms. The second-order valence-corrected chi connectivity index (χ2v) is 9.06. The largest absolute Gasteiger partial charge is 0.354 e. The lowest BCUT2D eigenvalue weighted by molar-refractivity contribution is -0.122. The number of nitrogens with zero attached hydrogens (tertiary/aromatic N) is 1. The van der Waals surface area contributed by atoms with Crippen molar-refractivity contribution in [3.05, 3.63) is 0 Å². The summed E-state index contributed by atoms with van der Waals surface area (Å²) in [5.74, 6) is 2.69. The highest BCUT2D eigenvalue weighted by Gasteiger charge is 2.51. The predicted molar refractivity (Wildman–Crippen MR) is 92.4 cm³/mol. The standard InChI is InChI=1S/C19H31N3O2/c1-22(18(24)21-16-4-2-3-5-20-17(16)23)12-19-9-13-6-14(10-19)8-15(7-13)11-19/h13-16H,2-12H2,1H3,(H,20,23)(H,21,24)/t13?,14?,15?,16-,19?/m1/s1. The van der Waals surface area contributed by atoms with Crippen LogP contribution in [0.1, 0.15) is 57.8 Å². The van der Waals surface area contributed by atoms with Gasteiger partial charge in [0, 0.05) is 20.1 Å². The fourth-order valence-corrected chi connectivity index (χ4v) is 6.39. The molecule has 1 heterocycles. The molecule has 5 heteroatoms. The number of hydrogen-bond acceptors (Lipinski definition) is 2. The zero-order chi connectivity index (χ0) is 16.7. The summed E-state index contributed by atoms with van der Waals surface area (Å²) in [6.07, 6.45) is 10.9. The molecular weight excluding hydrogens is 302 g/mol. The van der Waals surface area contributed by atoms with Crippen molar-refractivity contribution in [1.29, 1.82) is 0 Å². The third-order valence-corrected chi connectivity index (χ3v) is 6.92. The fourth-order valence-electron chi connectivity index (χ4n) is 6.39. The van der Waals surface area contributed by atoms with Crippen molar-refractivity contribution in [1.82, 2.24) is 15.5 Å². The summed E-state index contributed by atoms with van der Waals surface area (Å²) in [7, 11) is 1.91. The fraction of sp³-hybridized carbons (Fsp3) is 0.895. The van der Waals surface area contributed by atoms with Gasteiger partial charge in [0.15, 0.2) is 0 Å². The van der Waals surface area contributed by atoms with Crippen molar-refractivity contribution in [2.45, 2.75) is 63.8 Å². The van der Waals surface area contributed by atoms with E-state index in [0.717, 1.165) is 50.1 Å². The van der Waals surface area contributed by atoms with Crippen LogP contribution < -0.4 is 10.6 Å². The third kappa shape index (κ3) is 3.14. The van der Waals surface area contributed by atoms with E-state index < -0.39 is 0 Å². The van der Waals surface area contributed by atoms with Gasteiger partial charge in [0.2, 0.25) is 5.91 Å². The van der Waals surface area contributed by atoms with Crippen LogP contribution in [-0.2, 0) is 4.79 Å². The average Bonchev–Trinajstić information content (AvgIpc) is 2.70. The molecule has 1 aliphatic heterocycles. The molecule has 2 N–H and O–H groups in total. The van der Waals surface area contributed by atoms with E-state index in [9.17, 15) is 9.59 Å². The van der Waals surface area contributed by atoms with E-state index in [1.54, 1.807) is 0 Å². The Labute approximate surface area is 144 Å². The molecule has 5 fully saturated rings. The van der Waals surface area contributed by atoms with Gasteiger partial charge in [0.25, 0.3) is 0 Å². The van der Waals surface area contributed by atoms with Gasteiger partial charge in [-0.15, -0.1) is 0 Å². The maximum Gasteiger partial charge on any atom is 0.317 e. The van der Waals surface area contributed by atoms with Crippen LogP contribution in [0.15, 0.2) is 0 Å². The van der Waals surface area contributed by atoms with Crippen molar-refractivity contribution in [3.63, 3.8) is 0 Å². The Hall–Kier alpha value is -1.26. The van der Waals surface area contributed by atoms with E-state index >= 15 is 0 Å². The minimum atomic E-state index is -0.362. The first-order chi connectivity index (χ1) is 11.5. The van der Waals surface area contributed by atoms with Gasteiger partial charge in [0.1, 0.15) is 6.04 Å². The molecule has 4 saturated carbocycles. The van der Waals surface area contributed by atoms with Gasteiger partial charge >= 0.3 is 6.03 Å². The van der Waals surface area contributed by atoms with Crippen LogP contribution in [-0.4, -0.2) is 43.0 Å². The smallest absolute Gasteiger partial charge is 0.317 e. The van der Waals surface area contributed by atoms with E-state index in [0.29, 0.717) is 5.41 Å². The summed E-state index contributed by atoms with van der Waals surface area (Å²) in [6, 6.07) is -0.438. The number of amides is 3. The maximum atomic E-state index is 12.6. The van der Waals surface area contributed by atoms with Crippen molar-refractivity contribution in [3.8, 4) is 0 Å². The first-order valence-corrected chi connectivity index (χ1v) is 9.82. The molecule has 0 unspecified atom stereocenters. The molecule has 134 valence electrons. The Morgan fingerprint density at radius 2 is 1.79 bits per heavy atom. The molecule has 0 spiro atoms. The lowest BCUT2D eigenvalue weighted by Gasteiger charge is -2.57. The molecule has 0 radical (unpaired) electrons. The highest BCUT2D eigenvalue weighted by atomic mass is 16.2. The van der Waals surface area contributed by atoms with Crippen molar-refractivity contribution < 1.29 is 9.59 Å². The number of carbonyl (C=O) groups excluding carboxylic acids is 2. The van der Waals surface area contributed by atoms with Crippen LogP contribution in [0.4, 0.5) is 4.79 Å². The minimum Gasteiger partial charge on any atom is -0.354 e. The quantitative estimate of drug-likeness (QED) is 0.834. The molecular formula is C19H31N3O2. The normalized spacial score (nSPS) is 40.8. The molecule has 1 atom stereocenters. The van der Waals surface area contributed by atoms with E-state index in [2.05, 4.69) is 10.6 Å². The first-order valence-electron chi connectivity index (χ1n) is 9.82. The zero-order valence-corrected chi connectivity index (χ0v) is 14.9. The van der Waals surface area contributed by atoms with Crippen molar-refractivity contribution >= 4 is 11.9 Å². The zero-order valence-electron chi connectivity index (χ0n) is 14.9. The second-order valence-electron chi connectivity index (χ2n) is 9.06. The van der Waals surface area contributed by atoms with Crippen LogP contribution in [0.2, 0.25) is 0 Å². The van der Waals surface area contributed by atoms with E-state index in [-0.39, 0.29) is 18.0 Å². The van der Waals surface area contributed by atoms with Crippen molar-refractivity contribution in [2.75, 3.05) is 20.1 Å². The molecule has 5 nitrogen and oxygen atoms in total. The Balaban J connectivity index is 1.36. The SMILES string of the molecule is CN(CC12CC3CC(CC(C3)C1)C2)C(=O)N[C@@H]1CCCCNC1=O. The van der Waals surface area contributed by atoms with E-state index in [1.807, 2.05) is 11.9 Å². The Kier molecular flexibility index (Phi) is 4.21.